The number of rotatable bonds is 7. The number of hydrogen-bond donors (Lipinski definition) is 2. The number of nitrogens with zero attached hydrogens (tertiary/aromatic N) is 2. The molecule has 2 aliphatic carbocycles. The molecule has 10 nitrogen and oxygen atoms in total. The second-order valence-corrected chi connectivity index (χ2v) is 12.7. The van der Waals surface area contributed by atoms with Crippen LogP contribution in [-0.4, -0.2) is 62.2 Å². The molecule has 4 heterocycles. The van der Waals surface area contributed by atoms with Gasteiger partial charge < -0.3 is 38.7 Å². The number of hydrogen-bond acceptors (Lipinski definition) is 8. The van der Waals surface area contributed by atoms with Gasteiger partial charge in [-0.15, -0.1) is 0 Å². The highest BCUT2D eigenvalue weighted by molar-refractivity contribution is 6.16. The lowest BCUT2D eigenvalue weighted by atomic mass is 9.98. The molecule has 0 atom stereocenters. The first-order valence-corrected chi connectivity index (χ1v) is 17.1. The van der Waals surface area contributed by atoms with E-state index in [0.717, 1.165) is 75.1 Å². The standard InChI is InChI=1S/C42H38N4O6/c1-24-39-30(16-18-43-24)29-15-13-27(50-3)21-35(29)46(39)36(32-9-7-11-38(52-5)42(32)48)22-33-40-31(17-19-44-33)28-14-12-26(49-2)20-34(28)45(40)23-25-8-6-10-37(51-4)41(25)47/h6-15,20-23,43-44H,1,16-19H2,2-5H3/b25-23-,33-22-,36-32-. The minimum atomic E-state index is -0.245. The third kappa shape index (κ3) is 5.17. The molecule has 0 fully saturated rings. The van der Waals surface area contributed by atoms with E-state index in [9.17, 15) is 9.59 Å². The first-order chi connectivity index (χ1) is 25.4. The topological polar surface area (TPSA) is 105 Å². The second-order valence-electron chi connectivity index (χ2n) is 12.7. The molecule has 2 aromatic carbocycles. The first-order valence-electron chi connectivity index (χ1n) is 17.1. The number of ether oxygens (including phenoxy) is 4. The fourth-order valence-corrected chi connectivity index (χ4v) is 7.61. The maximum Gasteiger partial charge on any atom is 0.229 e. The van der Waals surface area contributed by atoms with Gasteiger partial charge in [0.25, 0.3) is 0 Å². The van der Waals surface area contributed by atoms with Crippen LogP contribution >= 0.6 is 0 Å². The normalized spacial score (nSPS) is 19.3. The number of carbonyl (C=O) groups is 2. The molecule has 52 heavy (non-hydrogen) atoms. The summed E-state index contributed by atoms with van der Waals surface area (Å²) in [6, 6.07) is 12.0. The van der Waals surface area contributed by atoms with Gasteiger partial charge in [-0.05, 0) is 78.6 Å². The molecule has 0 amide bonds. The second kappa shape index (κ2) is 13.0. The average Bonchev–Trinajstić information content (AvgIpc) is 3.67. The summed E-state index contributed by atoms with van der Waals surface area (Å²) in [7, 11) is 6.28. The van der Waals surface area contributed by atoms with Crippen LogP contribution in [-0.2, 0) is 31.9 Å². The third-order valence-electron chi connectivity index (χ3n) is 10.0. The largest absolute Gasteiger partial charge is 0.497 e. The van der Waals surface area contributed by atoms with Gasteiger partial charge in [-0.3, -0.25) is 9.59 Å². The van der Waals surface area contributed by atoms with E-state index in [4.69, 9.17) is 18.9 Å². The SMILES string of the molecule is C=C1NCCc2c1n(C(/C=C1\NCCc3c1n(/C=C1/C=CC=C(OC)C1=O)c1cc(OC)ccc31)=C1/C=CC=C(OC)C1=O)c1cc(OC)ccc21. The van der Waals surface area contributed by atoms with Crippen molar-refractivity contribution in [2.24, 2.45) is 0 Å². The third-order valence-corrected chi connectivity index (χ3v) is 10.0. The van der Waals surface area contributed by atoms with Crippen LogP contribution in [0, 0.1) is 0 Å². The number of carbonyl (C=O) groups excluding carboxylic acids is 2. The Morgan fingerprint density at radius 2 is 1.37 bits per heavy atom. The van der Waals surface area contributed by atoms with Crippen molar-refractivity contribution in [3.8, 4) is 11.5 Å². The van der Waals surface area contributed by atoms with Gasteiger partial charge in [-0.2, -0.15) is 0 Å². The number of benzene rings is 2. The van der Waals surface area contributed by atoms with Crippen LogP contribution in [0.25, 0.3) is 45.1 Å². The first kappa shape index (κ1) is 32.8. The predicted octanol–water partition coefficient (Wildman–Crippen LogP) is 6.31. The van der Waals surface area contributed by atoms with E-state index in [-0.39, 0.29) is 23.1 Å². The number of Topliss-reactive ketones (excluding diaryl/α,β-unsaturated/α-hetero) is 2. The Balaban J connectivity index is 1.46. The van der Waals surface area contributed by atoms with Crippen LogP contribution in [0.4, 0.5) is 0 Å². The number of nitrogens with one attached hydrogen (secondary N) is 2. The molecule has 0 bridgehead atoms. The monoisotopic (exact) mass is 694 g/mol. The van der Waals surface area contributed by atoms with E-state index >= 15 is 0 Å². The summed E-state index contributed by atoms with van der Waals surface area (Å²) < 4.78 is 26.5. The van der Waals surface area contributed by atoms with Crippen LogP contribution in [0.1, 0.15) is 22.5 Å². The van der Waals surface area contributed by atoms with E-state index in [0.29, 0.717) is 34.9 Å². The summed E-state index contributed by atoms with van der Waals surface area (Å²) >= 11 is 0. The molecule has 0 spiro atoms. The molecule has 8 rings (SSSR count). The molecule has 0 radical (unpaired) electrons. The van der Waals surface area contributed by atoms with E-state index in [1.807, 2.05) is 53.3 Å². The lowest BCUT2D eigenvalue weighted by Crippen LogP contribution is -2.26. The summed E-state index contributed by atoms with van der Waals surface area (Å²) in [5.74, 6) is 1.41. The zero-order chi connectivity index (χ0) is 36.1. The van der Waals surface area contributed by atoms with Crippen molar-refractivity contribution in [3.63, 3.8) is 0 Å². The molecule has 4 aromatic rings. The molecular weight excluding hydrogens is 656 g/mol. The Hall–Kier alpha value is -6.42. The van der Waals surface area contributed by atoms with Gasteiger partial charge in [-0.1, -0.05) is 18.7 Å². The Bertz CT molecular complexity index is 2460. The lowest BCUT2D eigenvalue weighted by molar-refractivity contribution is -0.115. The maximum absolute atomic E-state index is 14.2. The fourth-order valence-electron chi connectivity index (χ4n) is 7.61. The van der Waals surface area contributed by atoms with Gasteiger partial charge >= 0.3 is 0 Å². The highest BCUT2D eigenvalue weighted by Crippen LogP contribution is 2.41. The number of methoxy groups -OCH3 is 4. The van der Waals surface area contributed by atoms with Crippen molar-refractivity contribution < 1.29 is 28.5 Å². The fraction of sp³-hybridized carbons (Fsp3) is 0.190. The van der Waals surface area contributed by atoms with Gasteiger partial charge in [0, 0.05) is 53.3 Å². The summed E-state index contributed by atoms with van der Waals surface area (Å²) in [6.07, 6.45) is 16.0. The molecule has 2 aromatic heterocycles. The number of fused-ring (bicyclic) bond motifs is 6. The molecule has 0 saturated heterocycles. The predicted molar refractivity (Wildman–Crippen MR) is 203 cm³/mol. The number of aromatic nitrogens is 2. The van der Waals surface area contributed by atoms with Crippen LogP contribution in [0.3, 0.4) is 0 Å². The molecule has 2 N–H and O–H groups in total. The van der Waals surface area contributed by atoms with Gasteiger partial charge in [0.05, 0.1) is 68.0 Å². The molecule has 262 valence electrons. The maximum atomic E-state index is 14.2. The Kier molecular flexibility index (Phi) is 8.22. The van der Waals surface area contributed by atoms with Crippen LogP contribution < -0.4 is 20.1 Å². The minimum absolute atomic E-state index is 0.220. The Morgan fingerprint density at radius 3 is 2.06 bits per heavy atom. The summed E-state index contributed by atoms with van der Waals surface area (Å²) in [6.45, 7) is 5.82. The number of allylic oxidation sites excluding steroid dienone is 10. The van der Waals surface area contributed by atoms with Crippen molar-refractivity contribution in [1.29, 1.82) is 0 Å². The van der Waals surface area contributed by atoms with Gasteiger partial charge in [0.15, 0.2) is 11.5 Å². The van der Waals surface area contributed by atoms with Crippen LogP contribution in [0.2, 0.25) is 0 Å². The van der Waals surface area contributed by atoms with Gasteiger partial charge in [0.2, 0.25) is 11.6 Å². The van der Waals surface area contributed by atoms with Crippen molar-refractivity contribution in [2.45, 2.75) is 12.8 Å². The highest BCUT2D eigenvalue weighted by atomic mass is 16.5. The molecule has 10 heteroatoms. The average molecular weight is 695 g/mol. The van der Waals surface area contributed by atoms with Crippen LogP contribution in [0.5, 0.6) is 11.5 Å². The molecule has 4 aliphatic rings. The van der Waals surface area contributed by atoms with Crippen molar-refractivity contribution >= 4 is 56.7 Å². The summed E-state index contributed by atoms with van der Waals surface area (Å²) in [5.41, 5.74) is 8.83. The van der Waals surface area contributed by atoms with E-state index in [1.165, 1.54) is 14.2 Å². The smallest absolute Gasteiger partial charge is 0.229 e. The van der Waals surface area contributed by atoms with Crippen molar-refractivity contribution in [1.82, 2.24) is 19.8 Å². The molecule has 2 aliphatic heterocycles. The zero-order valence-corrected chi connectivity index (χ0v) is 29.5. The molecule has 0 unspecified atom stereocenters. The Morgan fingerprint density at radius 1 is 0.750 bits per heavy atom. The van der Waals surface area contributed by atoms with E-state index < -0.39 is 0 Å². The van der Waals surface area contributed by atoms with Crippen molar-refractivity contribution in [2.75, 3.05) is 41.5 Å². The molecular formula is C42H38N4O6. The summed E-state index contributed by atoms with van der Waals surface area (Å²) in [4.78, 5) is 27.7. The van der Waals surface area contributed by atoms with Gasteiger partial charge in [0.1, 0.15) is 11.5 Å². The molecule has 0 saturated carbocycles. The van der Waals surface area contributed by atoms with Crippen molar-refractivity contribution in [3.05, 3.63) is 131 Å². The quantitative estimate of drug-likeness (QED) is 0.217. The minimum Gasteiger partial charge on any atom is -0.497 e. The lowest BCUT2D eigenvalue weighted by Gasteiger charge is -2.25. The van der Waals surface area contributed by atoms with E-state index in [2.05, 4.69) is 33.9 Å². The highest BCUT2D eigenvalue weighted by Gasteiger charge is 2.31. The summed E-state index contributed by atoms with van der Waals surface area (Å²) in [5, 5.41) is 9.20. The Labute approximate surface area is 301 Å². The van der Waals surface area contributed by atoms with E-state index in [1.54, 1.807) is 38.5 Å². The number of ketones is 2. The zero-order valence-electron chi connectivity index (χ0n) is 29.5. The van der Waals surface area contributed by atoms with Gasteiger partial charge in [-0.25, -0.2) is 0 Å². The van der Waals surface area contributed by atoms with Crippen LogP contribution in [0.15, 0.2) is 108 Å².